The van der Waals surface area contributed by atoms with E-state index >= 15 is 0 Å². The average Bonchev–Trinajstić information content (AvgIpc) is 2.36. The lowest BCUT2D eigenvalue weighted by atomic mass is 10.0. The van der Waals surface area contributed by atoms with E-state index in [1.54, 1.807) is 13.0 Å². The summed E-state index contributed by atoms with van der Waals surface area (Å²) in [6, 6.07) is 4.50. The van der Waals surface area contributed by atoms with Crippen LogP contribution in [0.15, 0.2) is 22.7 Å². The molecule has 1 atom stereocenters. The number of anilines is 1. The number of rotatable bonds is 5. The van der Waals surface area contributed by atoms with Crippen LogP contribution in [0, 0.1) is 0 Å². The van der Waals surface area contributed by atoms with Crippen LogP contribution in [0.3, 0.4) is 0 Å². The number of nitrogens with one attached hydrogen (secondary N) is 1. The van der Waals surface area contributed by atoms with Crippen molar-refractivity contribution in [2.75, 3.05) is 12.4 Å². The van der Waals surface area contributed by atoms with Crippen molar-refractivity contribution in [3.8, 4) is 0 Å². The molecule has 2 N–H and O–H groups in total. The van der Waals surface area contributed by atoms with Crippen molar-refractivity contribution in [2.45, 2.75) is 25.9 Å². The molecular weight excluding hydrogens is 314 g/mol. The van der Waals surface area contributed by atoms with E-state index in [9.17, 15) is 9.59 Å². The number of hydrogen-bond donors (Lipinski definition) is 2. The summed E-state index contributed by atoms with van der Waals surface area (Å²) in [5, 5.41) is 11.6. The molecule has 1 aromatic rings. The van der Waals surface area contributed by atoms with Gasteiger partial charge in [-0.15, -0.1) is 0 Å². The van der Waals surface area contributed by atoms with Crippen LogP contribution in [0.25, 0.3) is 0 Å². The number of amides is 1. The fourth-order valence-corrected chi connectivity index (χ4v) is 1.94. The number of benzene rings is 1. The van der Waals surface area contributed by atoms with E-state index in [0.717, 1.165) is 0 Å². The number of aromatic carboxylic acids is 1. The Bertz CT molecular complexity index is 497. The average molecular weight is 330 g/mol. The molecule has 0 saturated carbocycles. The van der Waals surface area contributed by atoms with E-state index in [1.165, 1.54) is 19.2 Å². The zero-order valence-electron chi connectivity index (χ0n) is 11.0. The van der Waals surface area contributed by atoms with Crippen LogP contribution < -0.4 is 5.32 Å². The summed E-state index contributed by atoms with van der Waals surface area (Å²) < 4.78 is 5.77. The third-order valence-corrected chi connectivity index (χ3v) is 3.47. The summed E-state index contributed by atoms with van der Waals surface area (Å²) in [6.45, 7) is 3.52. The first-order chi connectivity index (χ1) is 8.82. The van der Waals surface area contributed by atoms with Crippen LogP contribution in [-0.4, -0.2) is 29.7 Å². The molecule has 5 nitrogen and oxygen atoms in total. The lowest BCUT2D eigenvalue weighted by molar-refractivity contribution is -0.136. The molecule has 0 radical (unpaired) electrons. The monoisotopic (exact) mass is 329 g/mol. The van der Waals surface area contributed by atoms with Gasteiger partial charge in [0.25, 0.3) is 5.91 Å². The van der Waals surface area contributed by atoms with Crippen molar-refractivity contribution in [3.05, 3.63) is 28.2 Å². The van der Waals surface area contributed by atoms with Gasteiger partial charge in [0.05, 0.1) is 5.56 Å². The van der Waals surface area contributed by atoms with Gasteiger partial charge in [0, 0.05) is 17.3 Å². The molecule has 0 aliphatic heterocycles. The van der Waals surface area contributed by atoms with Crippen molar-refractivity contribution < 1.29 is 19.4 Å². The van der Waals surface area contributed by atoms with Crippen LogP contribution in [-0.2, 0) is 9.53 Å². The third kappa shape index (κ3) is 3.78. The molecule has 1 rings (SSSR count). The number of ether oxygens (including phenoxy) is 1. The number of carbonyl (C=O) groups excluding carboxylic acids is 1. The molecule has 19 heavy (non-hydrogen) atoms. The number of methoxy groups -OCH3 is 1. The zero-order chi connectivity index (χ0) is 14.6. The van der Waals surface area contributed by atoms with Crippen LogP contribution >= 0.6 is 15.9 Å². The van der Waals surface area contributed by atoms with Gasteiger partial charge in [0.1, 0.15) is 5.60 Å². The topological polar surface area (TPSA) is 75.6 Å². The van der Waals surface area contributed by atoms with Gasteiger partial charge in [-0.1, -0.05) is 22.9 Å². The summed E-state index contributed by atoms with van der Waals surface area (Å²) in [5.74, 6) is -1.37. The van der Waals surface area contributed by atoms with Gasteiger partial charge >= 0.3 is 5.97 Å². The highest BCUT2D eigenvalue weighted by Gasteiger charge is 2.31. The zero-order valence-corrected chi connectivity index (χ0v) is 12.6. The Labute approximate surface area is 120 Å². The van der Waals surface area contributed by atoms with Crippen molar-refractivity contribution in [1.29, 1.82) is 0 Å². The van der Waals surface area contributed by atoms with Crippen LogP contribution in [0.5, 0.6) is 0 Å². The molecule has 0 aliphatic rings. The standard InChI is InChI=1S/C13H16BrNO4/c1-4-13(2,19-3)12(18)15-10-6-8(11(16)17)5-9(14)7-10/h5-7H,4H2,1-3H3,(H,15,18)(H,16,17). The number of carboxylic acids is 1. The second kappa shape index (κ2) is 6.16. The van der Waals surface area contributed by atoms with Gasteiger partial charge in [0.15, 0.2) is 0 Å². The molecule has 0 saturated heterocycles. The summed E-state index contributed by atoms with van der Waals surface area (Å²) in [6.07, 6.45) is 0.509. The minimum Gasteiger partial charge on any atom is -0.478 e. The van der Waals surface area contributed by atoms with Crippen LogP contribution in [0.2, 0.25) is 0 Å². The SMILES string of the molecule is CCC(C)(OC)C(=O)Nc1cc(Br)cc(C(=O)O)c1. The van der Waals surface area contributed by atoms with Crippen LogP contribution in [0.4, 0.5) is 5.69 Å². The summed E-state index contributed by atoms with van der Waals surface area (Å²) in [7, 11) is 1.46. The quantitative estimate of drug-likeness (QED) is 0.870. The minimum absolute atomic E-state index is 0.0975. The van der Waals surface area contributed by atoms with Gasteiger partial charge in [-0.25, -0.2) is 4.79 Å². The maximum absolute atomic E-state index is 12.1. The van der Waals surface area contributed by atoms with Gasteiger partial charge in [-0.2, -0.15) is 0 Å². The van der Waals surface area contributed by atoms with E-state index in [2.05, 4.69) is 21.2 Å². The maximum Gasteiger partial charge on any atom is 0.335 e. The van der Waals surface area contributed by atoms with Gasteiger partial charge in [0.2, 0.25) is 0 Å². The molecular formula is C13H16BrNO4. The molecule has 0 aliphatic carbocycles. The number of halogens is 1. The van der Waals surface area contributed by atoms with E-state index in [4.69, 9.17) is 9.84 Å². The van der Waals surface area contributed by atoms with E-state index < -0.39 is 11.6 Å². The fourth-order valence-electron chi connectivity index (χ4n) is 1.45. The first-order valence-corrected chi connectivity index (χ1v) is 6.52. The minimum atomic E-state index is -1.05. The van der Waals surface area contributed by atoms with Gasteiger partial charge in [-0.3, -0.25) is 4.79 Å². The third-order valence-electron chi connectivity index (χ3n) is 3.01. The second-order valence-electron chi connectivity index (χ2n) is 4.28. The lowest BCUT2D eigenvalue weighted by Crippen LogP contribution is -2.41. The molecule has 6 heteroatoms. The summed E-state index contributed by atoms with van der Waals surface area (Å²) in [4.78, 5) is 23.0. The van der Waals surface area contributed by atoms with Crippen molar-refractivity contribution in [3.63, 3.8) is 0 Å². The molecule has 0 spiro atoms. The number of carboxylic acid groups (broad SMARTS) is 1. The molecule has 0 bridgehead atoms. The fraction of sp³-hybridized carbons (Fsp3) is 0.385. The Hall–Kier alpha value is -1.40. The lowest BCUT2D eigenvalue weighted by Gasteiger charge is -2.25. The van der Waals surface area contributed by atoms with Crippen LogP contribution in [0.1, 0.15) is 30.6 Å². The summed E-state index contributed by atoms with van der Waals surface area (Å²) >= 11 is 3.21. The summed E-state index contributed by atoms with van der Waals surface area (Å²) in [5.41, 5.74) is -0.431. The Morgan fingerprint density at radius 3 is 2.53 bits per heavy atom. The smallest absolute Gasteiger partial charge is 0.335 e. The van der Waals surface area contributed by atoms with Crippen molar-refractivity contribution in [2.24, 2.45) is 0 Å². The Morgan fingerprint density at radius 2 is 2.05 bits per heavy atom. The Morgan fingerprint density at radius 1 is 1.42 bits per heavy atom. The molecule has 0 aromatic heterocycles. The normalized spacial score (nSPS) is 13.7. The van der Waals surface area contributed by atoms with Crippen molar-refractivity contribution in [1.82, 2.24) is 0 Å². The highest BCUT2D eigenvalue weighted by atomic mass is 79.9. The highest BCUT2D eigenvalue weighted by molar-refractivity contribution is 9.10. The van der Waals surface area contributed by atoms with Crippen molar-refractivity contribution >= 4 is 33.5 Å². The Balaban J connectivity index is 3.00. The Kier molecular flexibility index (Phi) is 5.08. The largest absolute Gasteiger partial charge is 0.478 e. The predicted molar refractivity (Wildman–Crippen MR) is 75.4 cm³/mol. The first kappa shape index (κ1) is 15.7. The second-order valence-corrected chi connectivity index (χ2v) is 5.19. The number of carbonyl (C=O) groups is 2. The van der Waals surface area contributed by atoms with E-state index in [1.807, 2.05) is 6.92 Å². The first-order valence-electron chi connectivity index (χ1n) is 5.73. The van der Waals surface area contributed by atoms with E-state index in [0.29, 0.717) is 16.6 Å². The molecule has 1 amide bonds. The molecule has 0 heterocycles. The van der Waals surface area contributed by atoms with Gasteiger partial charge < -0.3 is 15.2 Å². The highest BCUT2D eigenvalue weighted by Crippen LogP contribution is 2.22. The molecule has 104 valence electrons. The molecule has 1 aromatic carbocycles. The predicted octanol–water partition coefficient (Wildman–Crippen LogP) is 2.90. The number of hydrogen-bond acceptors (Lipinski definition) is 3. The maximum atomic E-state index is 12.1. The van der Waals surface area contributed by atoms with Gasteiger partial charge in [-0.05, 0) is 31.5 Å². The molecule has 1 unspecified atom stereocenters. The van der Waals surface area contributed by atoms with E-state index in [-0.39, 0.29) is 11.5 Å². The molecule has 0 fully saturated rings.